The van der Waals surface area contributed by atoms with E-state index in [1.165, 1.54) is 0 Å². The van der Waals surface area contributed by atoms with E-state index < -0.39 is 30.6 Å². The second-order valence-corrected chi connectivity index (χ2v) is 7.39. The molecule has 7 nitrogen and oxygen atoms in total. The van der Waals surface area contributed by atoms with Gasteiger partial charge in [-0.3, -0.25) is 10.1 Å². The molecule has 0 aliphatic rings. The Balaban J connectivity index is 2.00. The highest BCUT2D eigenvalue weighted by Gasteiger charge is 2.27. The molecule has 0 atom stereocenters. The lowest BCUT2D eigenvalue weighted by atomic mass is 10.2. The topological polar surface area (TPSA) is 98.5 Å². The maximum Gasteiger partial charge on any atom is 0.289 e. The van der Waals surface area contributed by atoms with E-state index in [4.69, 9.17) is 27.9 Å². The second kappa shape index (κ2) is 8.59. The zero-order chi connectivity index (χ0) is 18.4. The summed E-state index contributed by atoms with van der Waals surface area (Å²) >= 11 is 11.7. The summed E-state index contributed by atoms with van der Waals surface area (Å²) in [7, 11) is -4.12. The predicted octanol–water partition coefficient (Wildman–Crippen LogP) is 3.40. The van der Waals surface area contributed by atoms with E-state index in [-0.39, 0.29) is 18.2 Å². The first kappa shape index (κ1) is 19.6. The van der Waals surface area contributed by atoms with Crippen LogP contribution in [0.2, 0.25) is 10.0 Å². The van der Waals surface area contributed by atoms with Crippen LogP contribution in [0.3, 0.4) is 0 Å². The molecule has 1 N–H and O–H groups in total. The molecular weight excluding hydrogens is 391 g/mol. The Morgan fingerprint density at radius 1 is 1.12 bits per heavy atom. The maximum atomic E-state index is 12.3. The Morgan fingerprint density at radius 2 is 1.80 bits per heavy atom. The number of nitro benzene ring substituents is 1. The molecule has 10 heteroatoms. The molecule has 0 aliphatic heterocycles. The molecule has 25 heavy (non-hydrogen) atoms. The molecule has 2 aromatic carbocycles. The van der Waals surface area contributed by atoms with Crippen molar-refractivity contribution >= 4 is 38.9 Å². The number of nitrogens with zero attached hydrogens (tertiary/aromatic N) is 1. The average Bonchev–Trinajstić information content (AvgIpc) is 2.55. The van der Waals surface area contributed by atoms with Crippen LogP contribution in [0.25, 0.3) is 0 Å². The number of nitrogens with one attached hydrogen (secondary N) is 1. The summed E-state index contributed by atoms with van der Waals surface area (Å²) in [5.74, 6) is 0. The third kappa shape index (κ3) is 5.13. The van der Waals surface area contributed by atoms with Crippen LogP contribution in [0.15, 0.2) is 47.4 Å². The first-order valence-corrected chi connectivity index (χ1v) is 9.30. The van der Waals surface area contributed by atoms with Gasteiger partial charge < -0.3 is 4.74 Å². The molecule has 0 aliphatic carbocycles. The van der Waals surface area contributed by atoms with Gasteiger partial charge in [-0.1, -0.05) is 53.5 Å². The van der Waals surface area contributed by atoms with Crippen molar-refractivity contribution in [2.24, 2.45) is 0 Å². The van der Waals surface area contributed by atoms with Crippen LogP contribution < -0.4 is 4.72 Å². The Bertz CT molecular complexity index is 860. The van der Waals surface area contributed by atoms with E-state index in [1.807, 2.05) is 30.3 Å². The van der Waals surface area contributed by atoms with Crippen molar-refractivity contribution in [2.45, 2.75) is 11.5 Å². The number of nitro groups is 1. The summed E-state index contributed by atoms with van der Waals surface area (Å²) < 4.78 is 32.3. The van der Waals surface area contributed by atoms with Crippen LogP contribution in [0.4, 0.5) is 5.69 Å². The van der Waals surface area contributed by atoms with Gasteiger partial charge in [0, 0.05) is 12.6 Å². The average molecular weight is 405 g/mol. The molecule has 0 saturated heterocycles. The van der Waals surface area contributed by atoms with Gasteiger partial charge in [0.25, 0.3) is 5.69 Å². The predicted molar refractivity (Wildman–Crippen MR) is 94.4 cm³/mol. The van der Waals surface area contributed by atoms with Gasteiger partial charge >= 0.3 is 0 Å². The fourth-order valence-corrected chi connectivity index (χ4v) is 4.20. The lowest BCUT2D eigenvalue weighted by molar-refractivity contribution is -0.384. The second-order valence-electron chi connectivity index (χ2n) is 4.90. The Kier molecular flexibility index (Phi) is 6.74. The van der Waals surface area contributed by atoms with Gasteiger partial charge in [-0.15, -0.1) is 0 Å². The molecule has 0 saturated carbocycles. The highest BCUT2D eigenvalue weighted by Crippen LogP contribution is 2.36. The Morgan fingerprint density at radius 3 is 2.44 bits per heavy atom. The van der Waals surface area contributed by atoms with Gasteiger partial charge in [0.1, 0.15) is 9.92 Å². The molecule has 0 amide bonds. The summed E-state index contributed by atoms with van der Waals surface area (Å²) in [4.78, 5) is 9.59. The van der Waals surface area contributed by atoms with Gasteiger partial charge in [0.15, 0.2) is 0 Å². The van der Waals surface area contributed by atoms with Crippen LogP contribution in [0, 0.1) is 10.1 Å². The molecule has 0 unspecified atom stereocenters. The number of halogens is 2. The zero-order valence-electron chi connectivity index (χ0n) is 12.8. The number of benzene rings is 2. The Hall–Kier alpha value is -1.71. The smallest absolute Gasteiger partial charge is 0.289 e. The van der Waals surface area contributed by atoms with Crippen LogP contribution in [0.5, 0.6) is 0 Å². The minimum atomic E-state index is -4.12. The third-order valence-corrected chi connectivity index (χ3v) is 5.61. The molecule has 2 aromatic rings. The molecule has 134 valence electrons. The summed E-state index contributed by atoms with van der Waals surface area (Å²) in [6.07, 6.45) is 0. The van der Waals surface area contributed by atoms with Crippen LogP contribution in [-0.2, 0) is 21.4 Å². The van der Waals surface area contributed by atoms with Crippen LogP contribution >= 0.6 is 23.2 Å². The largest absolute Gasteiger partial charge is 0.375 e. The van der Waals surface area contributed by atoms with E-state index in [1.54, 1.807) is 0 Å². The van der Waals surface area contributed by atoms with Gasteiger partial charge in [-0.25, -0.2) is 13.1 Å². The molecule has 0 aromatic heterocycles. The molecular formula is C15H14Cl2N2O5S. The van der Waals surface area contributed by atoms with E-state index in [9.17, 15) is 18.5 Å². The van der Waals surface area contributed by atoms with E-state index in [2.05, 4.69) is 4.72 Å². The number of ether oxygens (including phenoxy) is 1. The quantitative estimate of drug-likeness (QED) is 0.412. The number of hydrogen-bond donors (Lipinski definition) is 1. The Labute approximate surface area is 154 Å². The van der Waals surface area contributed by atoms with E-state index in [0.29, 0.717) is 6.61 Å². The normalized spacial score (nSPS) is 11.4. The van der Waals surface area contributed by atoms with Gasteiger partial charge in [-0.2, -0.15) is 0 Å². The van der Waals surface area contributed by atoms with Crippen LogP contribution in [0.1, 0.15) is 5.56 Å². The highest BCUT2D eigenvalue weighted by atomic mass is 35.5. The van der Waals surface area contributed by atoms with Gasteiger partial charge in [0.2, 0.25) is 10.0 Å². The first-order valence-electron chi connectivity index (χ1n) is 7.06. The van der Waals surface area contributed by atoms with Crippen LogP contribution in [-0.4, -0.2) is 26.5 Å². The monoisotopic (exact) mass is 404 g/mol. The minimum absolute atomic E-state index is 0.0372. The zero-order valence-corrected chi connectivity index (χ0v) is 15.1. The summed E-state index contributed by atoms with van der Waals surface area (Å²) in [5.41, 5.74) is 0.418. The van der Waals surface area contributed by atoms with Crippen molar-refractivity contribution in [3.05, 3.63) is 68.2 Å². The molecule has 2 rings (SSSR count). The highest BCUT2D eigenvalue weighted by molar-refractivity contribution is 7.89. The SMILES string of the molecule is O=[N+]([O-])c1ccc(Cl)c(S(=O)(=O)NCCOCc2ccccc2)c1Cl. The van der Waals surface area contributed by atoms with Crippen molar-refractivity contribution in [3.8, 4) is 0 Å². The molecule has 0 fully saturated rings. The standard InChI is InChI=1S/C15H14Cl2N2O5S/c16-12-6-7-13(19(20)21)14(17)15(12)25(22,23)18-8-9-24-10-11-4-2-1-3-5-11/h1-7,18H,8-10H2. The van der Waals surface area contributed by atoms with E-state index in [0.717, 1.165) is 17.7 Å². The minimum Gasteiger partial charge on any atom is -0.375 e. The number of sulfonamides is 1. The van der Waals surface area contributed by atoms with Crippen molar-refractivity contribution in [1.82, 2.24) is 4.72 Å². The number of rotatable bonds is 8. The summed E-state index contributed by atoms with van der Waals surface area (Å²) in [6, 6.07) is 11.5. The molecule has 0 heterocycles. The van der Waals surface area contributed by atoms with Crippen molar-refractivity contribution < 1.29 is 18.1 Å². The van der Waals surface area contributed by atoms with Gasteiger partial charge in [-0.05, 0) is 11.6 Å². The summed E-state index contributed by atoms with van der Waals surface area (Å²) in [6.45, 7) is 0.406. The fraction of sp³-hybridized carbons (Fsp3) is 0.200. The van der Waals surface area contributed by atoms with Crippen molar-refractivity contribution in [1.29, 1.82) is 0 Å². The maximum absolute atomic E-state index is 12.3. The first-order chi connectivity index (χ1) is 11.8. The molecule has 0 bridgehead atoms. The lowest BCUT2D eigenvalue weighted by Gasteiger charge is -2.10. The lowest BCUT2D eigenvalue weighted by Crippen LogP contribution is -2.28. The van der Waals surface area contributed by atoms with Gasteiger partial charge in [0.05, 0.1) is 23.2 Å². The number of hydrogen-bond acceptors (Lipinski definition) is 5. The molecule has 0 radical (unpaired) electrons. The van der Waals surface area contributed by atoms with Crippen molar-refractivity contribution in [2.75, 3.05) is 13.2 Å². The molecule has 0 spiro atoms. The van der Waals surface area contributed by atoms with Crippen molar-refractivity contribution in [3.63, 3.8) is 0 Å². The summed E-state index contributed by atoms with van der Waals surface area (Å²) in [5, 5.41) is 10.2. The van der Waals surface area contributed by atoms with E-state index >= 15 is 0 Å². The third-order valence-electron chi connectivity index (χ3n) is 3.14. The fourth-order valence-electron chi connectivity index (χ4n) is 1.99.